The van der Waals surface area contributed by atoms with Gasteiger partial charge in [0, 0.05) is 12.3 Å². The first-order chi connectivity index (χ1) is 8.50. The van der Waals surface area contributed by atoms with Crippen LogP contribution in [0.2, 0.25) is 0 Å². The van der Waals surface area contributed by atoms with Crippen molar-refractivity contribution >= 4 is 11.9 Å². The van der Waals surface area contributed by atoms with Crippen LogP contribution in [-0.4, -0.2) is 29.5 Å². The van der Waals surface area contributed by atoms with Crippen LogP contribution >= 0.6 is 0 Å². The lowest BCUT2D eigenvalue weighted by atomic mass is 9.99. The zero-order valence-corrected chi connectivity index (χ0v) is 10.2. The van der Waals surface area contributed by atoms with E-state index in [4.69, 9.17) is 5.11 Å². The minimum atomic E-state index is -2.74. The van der Waals surface area contributed by atoms with E-state index in [0.29, 0.717) is 12.8 Å². The molecular formula is C12H19F2NO3. The predicted octanol–water partition coefficient (Wildman–Crippen LogP) is 2.18. The largest absolute Gasteiger partial charge is 0.480 e. The van der Waals surface area contributed by atoms with E-state index in [1.54, 1.807) is 0 Å². The Kier molecular flexibility index (Phi) is 6.01. The molecule has 4 nitrogen and oxygen atoms in total. The molecule has 1 rings (SSSR count). The molecule has 6 heteroatoms. The molecule has 0 aromatic carbocycles. The van der Waals surface area contributed by atoms with Crippen LogP contribution in [0.15, 0.2) is 0 Å². The second kappa shape index (κ2) is 7.28. The van der Waals surface area contributed by atoms with Gasteiger partial charge in [0.15, 0.2) is 0 Å². The zero-order valence-electron chi connectivity index (χ0n) is 10.2. The maximum atomic E-state index is 12.2. The van der Waals surface area contributed by atoms with Crippen LogP contribution in [0.3, 0.4) is 0 Å². The summed E-state index contributed by atoms with van der Waals surface area (Å²) in [5.74, 6) is -2.03. The lowest BCUT2D eigenvalue weighted by molar-refractivity contribution is -0.143. The monoisotopic (exact) mass is 263 g/mol. The molecule has 1 atom stereocenters. The van der Waals surface area contributed by atoms with E-state index in [0.717, 1.165) is 25.7 Å². The van der Waals surface area contributed by atoms with E-state index < -0.39 is 30.8 Å². The van der Waals surface area contributed by atoms with E-state index in [9.17, 15) is 18.4 Å². The molecule has 0 aliphatic heterocycles. The average molecular weight is 263 g/mol. The summed E-state index contributed by atoms with van der Waals surface area (Å²) < 4.78 is 24.4. The number of rotatable bonds is 5. The number of amides is 1. The van der Waals surface area contributed by atoms with E-state index in [2.05, 4.69) is 5.32 Å². The fourth-order valence-electron chi connectivity index (χ4n) is 2.23. The highest BCUT2D eigenvalue weighted by atomic mass is 19.3. The van der Waals surface area contributed by atoms with Crippen molar-refractivity contribution in [3.8, 4) is 0 Å². The van der Waals surface area contributed by atoms with E-state index in [-0.39, 0.29) is 5.92 Å². The maximum Gasteiger partial charge on any atom is 0.326 e. The summed E-state index contributed by atoms with van der Waals surface area (Å²) >= 11 is 0. The van der Waals surface area contributed by atoms with Gasteiger partial charge in [-0.15, -0.1) is 0 Å². The predicted molar refractivity (Wildman–Crippen MR) is 61.4 cm³/mol. The van der Waals surface area contributed by atoms with Crippen LogP contribution in [0.25, 0.3) is 0 Å². The number of carboxylic acid groups (broad SMARTS) is 1. The number of hydrogen-bond donors (Lipinski definition) is 2. The Labute approximate surface area is 105 Å². The van der Waals surface area contributed by atoms with Crippen molar-refractivity contribution in [2.45, 2.75) is 57.4 Å². The molecule has 0 heterocycles. The summed E-state index contributed by atoms with van der Waals surface area (Å²) in [5.41, 5.74) is 0. The number of nitrogens with one attached hydrogen (secondary N) is 1. The van der Waals surface area contributed by atoms with Gasteiger partial charge in [-0.05, 0) is 12.8 Å². The molecule has 1 unspecified atom stereocenters. The van der Waals surface area contributed by atoms with Gasteiger partial charge in [0.25, 0.3) is 0 Å². The zero-order chi connectivity index (χ0) is 13.5. The van der Waals surface area contributed by atoms with Gasteiger partial charge in [-0.1, -0.05) is 25.7 Å². The summed E-state index contributed by atoms with van der Waals surface area (Å²) in [7, 11) is 0. The Bertz CT molecular complexity index is 289. The van der Waals surface area contributed by atoms with Crippen LogP contribution in [0, 0.1) is 5.92 Å². The number of alkyl halides is 2. The van der Waals surface area contributed by atoms with Crippen LogP contribution in [-0.2, 0) is 9.59 Å². The van der Waals surface area contributed by atoms with Crippen molar-refractivity contribution in [1.29, 1.82) is 0 Å². The molecular weight excluding hydrogens is 244 g/mol. The lowest BCUT2D eigenvalue weighted by Crippen LogP contribution is -2.44. The molecule has 18 heavy (non-hydrogen) atoms. The summed E-state index contributed by atoms with van der Waals surface area (Å²) in [6.45, 7) is 0. The number of carbonyl (C=O) groups excluding carboxylic acids is 1. The molecule has 0 saturated heterocycles. The van der Waals surface area contributed by atoms with Gasteiger partial charge in [-0.2, -0.15) is 0 Å². The Morgan fingerprint density at radius 3 is 2.17 bits per heavy atom. The molecule has 1 saturated carbocycles. The molecule has 0 bridgehead atoms. The molecule has 1 fully saturated rings. The normalized spacial score (nSPS) is 19.3. The van der Waals surface area contributed by atoms with Gasteiger partial charge in [0.1, 0.15) is 6.04 Å². The van der Waals surface area contributed by atoms with Crippen molar-refractivity contribution in [2.24, 2.45) is 5.92 Å². The average Bonchev–Trinajstić information content (AvgIpc) is 2.55. The highest BCUT2D eigenvalue weighted by molar-refractivity contribution is 5.84. The number of carbonyl (C=O) groups is 2. The van der Waals surface area contributed by atoms with Crippen molar-refractivity contribution in [2.75, 3.05) is 0 Å². The third-order valence-electron chi connectivity index (χ3n) is 3.25. The number of hydrogen-bond acceptors (Lipinski definition) is 2. The van der Waals surface area contributed by atoms with Gasteiger partial charge >= 0.3 is 5.97 Å². The molecule has 0 aromatic heterocycles. The van der Waals surface area contributed by atoms with Crippen LogP contribution in [0.5, 0.6) is 0 Å². The standard InChI is InChI=1S/C12H19F2NO3/c13-10(14)7-9(12(17)18)15-11(16)8-5-3-1-2-4-6-8/h8-10H,1-7H2,(H,15,16)(H,17,18). The first-order valence-corrected chi connectivity index (χ1v) is 6.32. The topological polar surface area (TPSA) is 66.4 Å². The Balaban J connectivity index is 2.51. The molecule has 0 spiro atoms. The highest BCUT2D eigenvalue weighted by Gasteiger charge is 2.27. The quantitative estimate of drug-likeness (QED) is 0.747. The van der Waals surface area contributed by atoms with Crippen molar-refractivity contribution in [3.05, 3.63) is 0 Å². The molecule has 1 aliphatic carbocycles. The van der Waals surface area contributed by atoms with Crippen molar-refractivity contribution in [3.63, 3.8) is 0 Å². The van der Waals surface area contributed by atoms with Crippen molar-refractivity contribution < 1.29 is 23.5 Å². The smallest absolute Gasteiger partial charge is 0.326 e. The fraction of sp³-hybridized carbons (Fsp3) is 0.833. The van der Waals surface area contributed by atoms with Gasteiger partial charge in [-0.3, -0.25) is 4.79 Å². The molecule has 2 N–H and O–H groups in total. The van der Waals surface area contributed by atoms with E-state index in [1.807, 2.05) is 0 Å². The Morgan fingerprint density at radius 2 is 1.72 bits per heavy atom. The second-order valence-electron chi connectivity index (χ2n) is 4.71. The SMILES string of the molecule is O=C(NC(CC(F)F)C(=O)O)C1CCCCCC1. The maximum absolute atomic E-state index is 12.2. The van der Waals surface area contributed by atoms with E-state index in [1.165, 1.54) is 0 Å². The summed E-state index contributed by atoms with van der Waals surface area (Å²) in [4.78, 5) is 22.6. The first-order valence-electron chi connectivity index (χ1n) is 6.32. The number of aliphatic carboxylic acids is 1. The molecule has 1 amide bonds. The second-order valence-corrected chi connectivity index (χ2v) is 4.71. The summed E-state index contributed by atoms with van der Waals surface area (Å²) in [6, 6.07) is -1.49. The van der Waals surface area contributed by atoms with Gasteiger partial charge < -0.3 is 10.4 Å². The molecule has 1 aliphatic rings. The lowest BCUT2D eigenvalue weighted by Gasteiger charge is -2.18. The van der Waals surface area contributed by atoms with Crippen LogP contribution in [0.1, 0.15) is 44.9 Å². The minimum absolute atomic E-state index is 0.230. The molecule has 0 radical (unpaired) electrons. The van der Waals surface area contributed by atoms with E-state index >= 15 is 0 Å². The summed E-state index contributed by atoms with van der Waals surface area (Å²) in [5, 5.41) is 11.0. The molecule has 104 valence electrons. The Morgan fingerprint density at radius 1 is 1.17 bits per heavy atom. The van der Waals surface area contributed by atoms with Crippen molar-refractivity contribution in [1.82, 2.24) is 5.32 Å². The van der Waals surface area contributed by atoms with Crippen LogP contribution < -0.4 is 5.32 Å². The minimum Gasteiger partial charge on any atom is -0.480 e. The third-order valence-corrected chi connectivity index (χ3v) is 3.25. The van der Waals surface area contributed by atoms with Gasteiger partial charge in [-0.25, -0.2) is 13.6 Å². The highest BCUT2D eigenvalue weighted by Crippen LogP contribution is 2.23. The first kappa shape index (κ1) is 14.9. The third kappa shape index (κ3) is 4.98. The Hall–Kier alpha value is -1.20. The van der Waals surface area contributed by atoms with Gasteiger partial charge in [0.2, 0.25) is 12.3 Å². The van der Waals surface area contributed by atoms with Gasteiger partial charge in [0.05, 0.1) is 0 Å². The number of carboxylic acids is 1. The van der Waals surface area contributed by atoms with Crippen LogP contribution in [0.4, 0.5) is 8.78 Å². The summed E-state index contributed by atoms with van der Waals surface area (Å²) in [6.07, 6.45) is 1.87. The number of halogens is 2. The molecule has 0 aromatic rings. The fourth-order valence-corrected chi connectivity index (χ4v) is 2.23.